The number of amides is 1. The molecule has 0 spiro atoms. The van der Waals surface area contributed by atoms with E-state index in [-0.39, 0.29) is 29.1 Å². The van der Waals surface area contributed by atoms with Crippen LogP contribution < -0.4 is 10.6 Å². The van der Waals surface area contributed by atoms with Gasteiger partial charge in [-0.3, -0.25) is 19.9 Å². The normalized spacial score (nSPS) is 9.80. The van der Waals surface area contributed by atoms with Crippen molar-refractivity contribution in [2.24, 2.45) is 0 Å². The van der Waals surface area contributed by atoms with Crippen LogP contribution >= 0.6 is 12.2 Å². The smallest absolute Gasteiger partial charge is 0.258 e. The predicted octanol–water partition coefficient (Wildman–Crippen LogP) is 1.16. The number of aromatic nitrogens is 1. The lowest BCUT2D eigenvalue weighted by atomic mass is 10.3. The van der Waals surface area contributed by atoms with Crippen molar-refractivity contribution in [3.05, 3.63) is 54.2 Å². The minimum Gasteiger partial charge on any atom is -0.461 e. The zero-order valence-electron chi connectivity index (χ0n) is 10.3. The number of nitrogens with one attached hydrogen (secondary N) is 2. The van der Waals surface area contributed by atoms with Crippen LogP contribution in [0.5, 0.6) is 0 Å². The summed E-state index contributed by atoms with van der Waals surface area (Å²) in [6.07, 6.45) is 4.40. The molecule has 0 aliphatic heterocycles. The number of Topliss-reactive ketones (excluding diaryl/α,β-unsaturated/α-hetero) is 1. The molecule has 6 nitrogen and oxygen atoms in total. The molecule has 2 aromatic heterocycles. The van der Waals surface area contributed by atoms with Crippen LogP contribution in [0.15, 0.2) is 47.3 Å². The highest BCUT2D eigenvalue weighted by Crippen LogP contribution is 2.00. The first kappa shape index (κ1) is 13.9. The number of hydrogen-bond acceptors (Lipinski definition) is 5. The van der Waals surface area contributed by atoms with Crippen molar-refractivity contribution in [1.29, 1.82) is 0 Å². The van der Waals surface area contributed by atoms with Gasteiger partial charge in [-0.25, -0.2) is 0 Å². The van der Waals surface area contributed by atoms with E-state index < -0.39 is 0 Å². The van der Waals surface area contributed by atoms with Crippen molar-refractivity contribution < 1.29 is 14.0 Å². The van der Waals surface area contributed by atoms with E-state index in [1.165, 1.54) is 12.5 Å². The summed E-state index contributed by atoms with van der Waals surface area (Å²) in [5.41, 5.74) is 0.383. The molecule has 0 bridgehead atoms. The van der Waals surface area contributed by atoms with Crippen LogP contribution in [0.4, 0.5) is 0 Å². The second-order valence-corrected chi connectivity index (χ2v) is 4.19. The zero-order valence-corrected chi connectivity index (χ0v) is 11.1. The molecule has 2 N–H and O–H groups in total. The van der Waals surface area contributed by atoms with Gasteiger partial charge in [-0.1, -0.05) is 0 Å². The van der Waals surface area contributed by atoms with Crippen LogP contribution in [0.1, 0.15) is 20.9 Å². The molecule has 102 valence electrons. The molecule has 0 unspecified atom stereocenters. The van der Waals surface area contributed by atoms with Gasteiger partial charge in [-0.15, -0.1) is 0 Å². The van der Waals surface area contributed by atoms with Crippen LogP contribution in [0, 0.1) is 0 Å². The highest BCUT2D eigenvalue weighted by molar-refractivity contribution is 7.80. The van der Waals surface area contributed by atoms with Gasteiger partial charge in [0.1, 0.15) is 0 Å². The fraction of sp³-hybridized carbons (Fsp3) is 0.0769. The Morgan fingerprint density at radius 3 is 2.80 bits per heavy atom. The lowest BCUT2D eigenvalue weighted by molar-refractivity contribution is 0.0957. The van der Waals surface area contributed by atoms with E-state index in [1.54, 1.807) is 30.5 Å². The molecule has 20 heavy (non-hydrogen) atoms. The van der Waals surface area contributed by atoms with E-state index in [2.05, 4.69) is 15.6 Å². The molecule has 0 atom stereocenters. The molecule has 1 amide bonds. The van der Waals surface area contributed by atoms with E-state index in [4.69, 9.17) is 16.6 Å². The third kappa shape index (κ3) is 3.72. The van der Waals surface area contributed by atoms with Crippen molar-refractivity contribution in [3.63, 3.8) is 0 Å². The first-order valence-electron chi connectivity index (χ1n) is 5.73. The second-order valence-electron chi connectivity index (χ2n) is 3.78. The third-order valence-corrected chi connectivity index (χ3v) is 2.60. The number of nitrogens with zero attached hydrogens (tertiary/aromatic N) is 1. The molecule has 2 heterocycles. The highest BCUT2D eigenvalue weighted by atomic mass is 32.1. The van der Waals surface area contributed by atoms with Gasteiger partial charge in [0.2, 0.25) is 5.78 Å². The summed E-state index contributed by atoms with van der Waals surface area (Å²) < 4.78 is 4.95. The van der Waals surface area contributed by atoms with Crippen molar-refractivity contribution in [3.8, 4) is 0 Å². The number of pyridine rings is 1. The Morgan fingerprint density at radius 2 is 2.15 bits per heavy atom. The van der Waals surface area contributed by atoms with Gasteiger partial charge in [0.05, 0.1) is 18.4 Å². The molecular weight excluding hydrogens is 278 g/mol. The van der Waals surface area contributed by atoms with Gasteiger partial charge < -0.3 is 9.73 Å². The Kier molecular flexibility index (Phi) is 4.56. The Hall–Kier alpha value is -2.54. The van der Waals surface area contributed by atoms with Crippen molar-refractivity contribution in [2.45, 2.75) is 0 Å². The summed E-state index contributed by atoms with van der Waals surface area (Å²) in [6, 6.07) is 6.43. The minimum atomic E-state index is -0.388. The summed E-state index contributed by atoms with van der Waals surface area (Å²) in [5.74, 6) is -0.409. The standard InChI is InChI=1S/C13H11N3O3S/c17-10(11-4-2-6-19-11)8-15-13(20)16-12(18)9-3-1-5-14-7-9/h1-7H,8H2,(H2,15,16,18,20). The van der Waals surface area contributed by atoms with Gasteiger partial charge in [0.15, 0.2) is 10.9 Å². The number of rotatable bonds is 4. The number of carbonyl (C=O) groups excluding carboxylic acids is 2. The largest absolute Gasteiger partial charge is 0.461 e. The van der Waals surface area contributed by atoms with Crippen molar-refractivity contribution in [2.75, 3.05) is 6.54 Å². The van der Waals surface area contributed by atoms with Crippen molar-refractivity contribution in [1.82, 2.24) is 15.6 Å². The maximum Gasteiger partial charge on any atom is 0.258 e. The average Bonchev–Trinajstić information content (AvgIpc) is 3.00. The lowest BCUT2D eigenvalue weighted by Gasteiger charge is -2.08. The number of carbonyl (C=O) groups is 2. The third-order valence-electron chi connectivity index (χ3n) is 2.36. The van der Waals surface area contributed by atoms with Crippen LogP contribution in [-0.2, 0) is 0 Å². The van der Waals surface area contributed by atoms with Crippen LogP contribution in [0.25, 0.3) is 0 Å². The fourth-order valence-corrected chi connectivity index (χ4v) is 1.57. The summed E-state index contributed by atoms with van der Waals surface area (Å²) in [7, 11) is 0. The van der Waals surface area contributed by atoms with Gasteiger partial charge in [0.25, 0.3) is 5.91 Å². The summed E-state index contributed by atoms with van der Waals surface area (Å²) >= 11 is 4.93. The average molecular weight is 289 g/mol. The topological polar surface area (TPSA) is 84.2 Å². The number of thiocarbonyl (C=S) groups is 1. The monoisotopic (exact) mass is 289 g/mol. The molecule has 2 rings (SSSR count). The molecular formula is C13H11N3O3S. The van der Waals surface area contributed by atoms with Crippen LogP contribution in [0.3, 0.4) is 0 Å². The Morgan fingerprint density at radius 1 is 1.30 bits per heavy atom. The first-order chi connectivity index (χ1) is 9.66. The van der Waals surface area contributed by atoms with E-state index >= 15 is 0 Å². The van der Waals surface area contributed by atoms with Gasteiger partial charge >= 0.3 is 0 Å². The molecule has 0 saturated carbocycles. The Bertz CT molecular complexity index is 611. The fourth-order valence-electron chi connectivity index (χ4n) is 1.40. The predicted molar refractivity (Wildman–Crippen MR) is 75.3 cm³/mol. The molecule has 0 fully saturated rings. The maximum absolute atomic E-state index is 11.7. The van der Waals surface area contributed by atoms with Crippen LogP contribution in [0.2, 0.25) is 0 Å². The molecule has 0 saturated heterocycles. The highest BCUT2D eigenvalue weighted by Gasteiger charge is 2.11. The second kappa shape index (κ2) is 6.58. The van der Waals surface area contributed by atoms with Gasteiger partial charge in [-0.05, 0) is 36.5 Å². The van der Waals surface area contributed by atoms with Crippen LogP contribution in [-0.4, -0.2) is 28.3 Å². The van der Waals surface area contributed by atoms with E-state index in [0.29, 0.717) is 5.56 Å². The SMILES string of the molecule is O=C(NC(=S)NCC(=O)c1ccco1)c1cccnc1. The first-order valence-corrected chi connectivity index (χ1v) is 6.13. The lowest BCUT2D eigenvalue weighted by Crippen LogP contribution is -2.41. The van der Waals surface area contributed by atoms with Crippen molar-refractivity contribution >= 4 is 29.0 Å². The quantitative estimate of drug-likeness (QED) is 0.649. The van der Waals surface area contributed by atoms with E-state index in [9.17, 15) is 9.59 Å². The van der Waals surface area contributed by atoms with E-state index in [1.807, 2.05) is 0 Å². The van der Waals surface area contributed by atoms with Gasteiger partial charge in [-0.2, -0.15) is 0 Å². The molecule has 0 aliphatic carbocycles. The number of ketones is 1. The molecule has 0 aromatic carbocycles. The summed E-state index contributed by atoms with van der Waals surface area (Å²) in [4.78, 5) is 27.2. The molecule has 0 radical (unpaired) electrons. The Balaban J connectivity index is 1.81. The van der Waals surface area contributed by atoms with E-state index in [0.717, 1.165) is 0 Å². The summed E-state index contributed by atoms with van der Waals surface area (Å²) in [6.45, 7) is -0.0559. The molecule has 2 aromatic rings. The maximum atomic E-state index is 11.7. The minimum absolute atomic E-state index is 0.0559. The summed E-state index contributed by atoms with van der Waals surface area (Å²) in [5, 5.41) is 5.16. The number of hydrogen-bond donors (Lipinski definition) is 2. The number of furan rings is 1. The zero-order chi connectivity index (χ0) is 14.4. The Labute approximate surface area is 120 Å². The van der Waals surface area contributed by atoms with Gasteiger partial charge in [0, 0.05) is 12.4 Å². The molecule has 7 heteroatoms. The molecule has 0 aliphatic rings.